The van der Waals surface area contributed by atoms with Crippen LogP contribution in [0, 0.1) is 0 Å². The van der Waals surface area contributed by atoms with E-state index in [-0.39, 0.29) is 0 Å². The van der Waals surface area contributed by atoms with Gasteiger partial charge in [0.05, 0.1) is 5.52 Å². The molecule has 0 unspecified atom stereocenters. The summed E-state index contributed by atoms with van der Waals surface area (Å²) in [5.41, 5.74) is 8.94. The van der Waals surface area contributed by atoms with Crippen LogP contribution in [0.2, 0.25) is 0 Å². The summed E-state index contributed by atoms with van der Waals surface area (Å²) in [6.07, 6.45) is 8.00. The summed E-state index contributed by atoms with van der Waals surface area (Å²) >= 11 is 0. The van der Waals surface area contributed by atoms with Gasteiger partial charge in [0.25, 0.3) is 0 Å². The molecule has 0 atom stereocenters. The predicted octanol–water partition coefficient (Wildman–Crippen LogP) is 3.13. The summed E-state index contributed by atoms with van der Waals surface area (Å²) in [7, 11) is 0. The molecule has 0 aliphatic rings. The molecule has 6 nitrogen and oxygen atoms in total. The van der Waals surface area contributed by atoms with Crippen molar-refractivity contribution in [2.45, 2.75) is 19.5 Å². The Morgan fingerprint density at radius 3 is 2.07 bits per heavy atom. The van der Waals surface area contributed by atoms with Crippen molar-refractivity contribution in [3.05, 3.63) is 90.3 Å². The van der Waals surface area contributed by atoms with Crippen LogP contribution < -0.4 is 10.6 Å². The molecule has 4 rings (SSSR count). The maximum absolute atomic E-state index is 5.77. The Kier molecular flexibility index (Phi) is 5.49. The van der Waals surface area contributed by atoms with Crippen LogP contribution in [0.25, 0.3) is 10.9 Å². The van der Waals surface area contributed by atoms with Gasteiger partial charge >= 0.3 is 0 Å². The number of anilines is 1. The van der Waals surface area contributed by atoms with Crippen molar-refractivity contribution in [2.75, 3.05) is 11.4 Å². The van der Waals surface area contributed by atoms with Crippen LogP contribution in [0.4, 0.5) is 5.82 Å². The Hall–Kier alpha value is -3.38. The second-order valence-corrected chi connectivity index (χ2v) is 6.60. The molecule has 0 radical (unpaired) electrons. The van der Waals surface area contributed by atoms with Crippen LogP contribution in [0.3, 0.4) is 0 Å². The molecule has 28 heavy (non-hydrogen) atoms. The van der Waals surface area contributed by atoms with E-state index in [2.05, 4.69) is 38.1 Å². The molecule has 1 aromatic carbocycles. The standard InChI is InChI=1S/C22H22N6/c23-10-9-21-26-20-8-2-1-7-19(20)22(27-21)28(15-17-5-3-11-24-13-17)16-18-6-4-12-25-14-18/h1-8,11-14H,9-10,15-16,23H2. The van der Waals surface area contributed by atoms with Crippen molar-refractivity contribution in [3.63, 3.8) is 0 Å². The highest BCUT2D eigenvalue weighted by Crippen LogP contribution is 2.27. The van der Waals surface area contributed by atoms with Gasteiger partial charge in [-0.3, -0.25) is 9.97 Å². The molecule has 0 aliphatic heterocycles. The van der Waals surface area contributed by atoms with Crippen molar-refractivity contribution in [1.82, 2.24) is 19.9 Å². The van der Waals surface area contributed by atoms with E-state index < -0.39 is 0 Å². The first-order valence-electron chi connectivity index (χ1n) is 9.32. The Balaban J connectivity index is 1.80. The van der Waals surface area contributed by atoms with Crippen LogP contribution in [-0.2, 0) is 19.5 Å². The lowest BCUT2D eigenvalue weighted by Crippen LogP contribution is -2.24. The fraction of sp³-hybridized carbons (Fsp3) is 0.182. The van der Waals surface area contributed by atoms with Gasteiger partial charge in [-0.05, 0) is 41.9 Å². The fourth-order valence-corrected chi connectivity index (χ4v) is 3.22. The molecule has 0 bridgehead atoms. The topological polar surface area (TPSA) is 80.8 Å². The Labute approximate surface area is 164 Å². The lowest BCUT2D eigenvalue weighted by atomic mass is 10.1. The van der Waals surface area contributed by atoms with E-state index in [1.807, 2.05) is 42.7 Å². The van der Waals surface area contributed by atoms with Gasteiger partial charge in [0.15, 0.2) is 0 Å². The normalized spacial score (nSPS) is 10.9. The highest BCUT2D eigenvalue weighted by Gasteiger charge is 2.16. The van der Waals surface area contributed by atoms with Gasteiger partial charge in [0.1, 0.15) is 11.6 Å². The Morgan fingerprint density at radius 2 is 1.46 bits per heavy atom. The minimum atomic E-state index is 0.517. The van der Waals surface area contributed by atoms with Crippen LogP contribution >= 0.6 is 0 Å². The summed E-state index contributed by atoms with van der Waals surface area (Å²) in [6, 6.07) is 16.2. The van der Waals surface area contributed by atoms with Crippen molar-refractivity contribution in [3.8, 4) is 0 Å². The first-order chi connectivity index (χ1) is 13.8. The van der Waals surface area contributed by atoms with Crippen molar-refractivity contribution in [2.24, 2.45) is 5.73 Å². The molecule has 2 N–H and O–H groups in total. The molecule has 0 fully saturated rings. The van der Waals surface area contributed by atoms with Crippen LogP contribution in [0.5, 0.6) is 0 Å². The highest BCUT2D eigenvalue weighted by atomic mass is 15.2. The van der Waals surface area contributed by atoms with Gasteiger partial charge in [-0.1, -0.05) is 24.3 Å². The van der Waals surface area contributed by atoms with E-state index in [4.69, 9.17) is 10.7 Å². The van der Waals surface area contributed by atoms with E-state index in [9.17, 15) is 0 Å². The third-order valence-corrected chi connectivity index (χ3v) is 4.49. The van der Waals surface area contributed by atoms with E-state index in [1.165, 1.54) is 0 Å². The van der Waals surface area contributed by atoms with E-state index in [0.717, 1.165) is 33.7 Å². The van der Waals surface area contributed by atoms with E-state index in [0.29, 0.717) is 26.1 Å². The maximum atomic E-state index is 5.77. The zero-order chi connectivity index (χ0) is 19.2. The number of rotatable bonds is 7. The SMILES string of the molecule is NCCc1nc(N(Cc2cccnc2)Cc2cccnc2)c2ccccc2n1. The van der Waals surface area contributed by atoms with Crippen molar-refractivity contribution in [1.29, 1.82) is 0 Å². The Bertz CT molecular complexity index is 995. The van der Waals surface area contributed by atoms with Crippen LogP contribution in [0.1, 0.15) is 17.0 Å². The third-order valence-electron chi connectivity index (χ3n) is 4.49. The van der Waals surface area contributed by atoms with E-state index in [1.54, 1.807) is 12.4 Å². The molecule has 0 saturated heterocycles. The lowest BCUT2D eigenvalue weighted by Gasteiger charge is -2.25. The number of pyridine rings is 2. The molecule has 0 amide bonds. The maximum Gasteiger partial charge on any atom is 0.140 e. The number of hydrogen-bond donors (Lipinski definition) is 1. The number of hydrogen-bond acceptors (Lipinski definition) is 6. The van der Waals surface area contributed by atoms with Gasteiger partial charge in [0, 0.05) is 49.7 Å². The monoisotopic (exact) mass is 370 g/mol. The molecule has 0 saturated carbocycles. The zero-order valence-electron chi connectivity index (χ0n) is 15.6. The second-order valence-electron chi connectivity index (χ2n) is 6.60. The zero-order valence-corrected chi connectivity index (χ0v) is 15.6. The summed E-state index contributed by atoms with van der Waals surface area (Å²) < 4.78 is 0. The van der Waals surface area contributed by atoms with Gasteiger partial charge in [-0.25, -0.2) is 9.97 Å². The van der Waals surface area contributed by atoms with Crippen molar-refractivity contribution >= 4 is 16.7 Å². The fourth-order valence-electron chi connectivity index (χ4n) is 3.22. The summed E-state index contributed by atoms with van der Waals surface area (Å²) in [5.74, 6) is 1.67. The number of aromatic nitrogens is 4. The quantitative estimate of drug-likeness (QED) is 0.538. The van der Waals surface area contributed by atoms with Gasteiger partial charge in [-0.15, -0.1) is 0 Å². The number of benzene rings is 1. The molecule has 140 valence electrons. The van der Waals surface area contributed by atoms with Gasteiger partial charge in [0.2, 0.25) is 0 Å². The third kappa shape index (κ3) is 4.13. The predicted molar refractivity (Wildman–Crippen MR) is 111 cm³/mol. The number of fused-ring (bicyclic) bond motifs is 1. The molecule has 6 heteroatoms. The minimum Gasteiger partial charge on any atom is -0.347 e. The molecular weight excluding hydrogens is 348 g/mol. The largest absolute Gasteiger partial charge is 0.347 e. The Morgan fingerprint density at radius 1 is 0.786 bits per heavy atom. The highest BCUT2D eigenvalue weighted by molar-refractivity contribution is 5.89. The average Bonchev–Trinajstić information content (AvgIpc) is 2.74. The first kappa shape index (κ1) is 18.0. The molecule has 0 spiro atoms. The van der Waals surface area contributed by atoms with Crippen molar-refractivity contribution < 1.29 is 0 Å². The second kappa shape index (κ2) is 8.54. The number of nitrogens with zero attached hydrogens (tertiary/aromatic N) is 5. The first-order valence-corrected chi connectivity index (χ1v) is 9.32. The summed E-state index contributed by atoms with van der Waals surface area (Å²) in [5, 5.41) is 1.02. The average molecular weight is 370 g/mol. The van der Waals surface area contributed by atoms with Gasteiger partial charge in [-0.2, -0.15) is 0 Å². The van der Waals surface area contributed by atoms with Gasteiger partial charge < -0.3 is 10.6 Å². The summed E-state index contributed by atoms with van der Waals surface area (Å²) in [4.78, 5) is 20.3. The molecule has 0 aliphatic carbocycles. The molecular formula is C22H22N6. The number of nitrogens with two attached hydrogens (primary N) is 1. The van der Waals surface area contributed by atoms with E-state index >= 15 is 0 Å². The molecule has 4 aromatic rings. The number of para-hydroxylation sites is 1. The summed E-state index contributed by atoms with van der Waals surface area (Å²) in [6.45, 7) is 1.89. The lowest BCUT2D eigenvalue weighted by molar-refractivity contribution is 0.768. The minimum absolute atomic E-state index is 0.517. The smallest absolute Gasteiger partial charge is 0.140 e. The van der Waals surface area contributed by atoms with Crippen LogP contribution in [-0.4, -0.2) is 26.5 Å². The van der Waals surface area contributed by atoms with Crippen LogP contribution in [0.15, 0.2) is 73.3 Å². The molecule has 3 heterocycles. The molecule has 3 aromatic heterocycles.